The van der Waals surface area contributed by atoms with Crippen LogP contribution in [0, 0.1) is 0 Å². The second-order valence-electron chi connectivity index (χ2n) is 4.01. The molecule has 0 aliphatic carbocycles. The molecule has 1 atom stereocenters. The van der Waals surface area contributed by atoms with Crippen LogP contribution in [0.25, 0.3) is 0 Å². The zero-order valence-electron chi connectivity index (χ0n) is 9.48. The second kappa shape index (κ2) is 5.26. The van der Waals surface area contributed by atoms with E-state index >= 15 is 0 Å². The number of aliphatic hydroxyl groups excluding tert-OH is 1. The average Bonchev–Trinajstić information content (AvgIpc) is 2.30. The van der Waals surface area contributed by atoms with Crippen LogP contribution in [0.1, 0.15) is 12.5 Å². The second-order valence-corrected chi connectivity index (χ2v) is 4.01. The van der Waals surface area contributed by atoms with E-state index in [4.69, 9.17) is 5.73 Å². The first-order valence-corrected chi connectivity index (χ1v) is 5.26. The Kier molecular flexibility index (Phi) is 4.27. The first-order chi connectivity index (χ1) is 7.12. The Morgan fingerprint density at radius 1 is 1.33 bits per heavy atom. The molecular formula is C12H20N2O. The lowest BCUT2D eigenvalue weighted by Crippen LogP contribution is -2.49. The van der Waals surface area contributed by atoms with Gasteiger partial charge in [-0.1, -0.05) is 37.3 Å². The van der Waals surface area contributed by atoms with Crippen molar-refractivity contribution in [2.45, 2.75) is 12.5 Å². The van der Waals surface area contributed by atoms with E-state index in [1.165, 1.54) is 0 Å². The number of likely N-dealkylation sites (N-methyl/N-ethyl adjacent to an activating group) is 1. The van der Waals surface area contributed by atoms with Crippen LogP contribution in [0.5, 0.6) is 0 Å². The standard InChI is InChI=1S/C12H20N2O/c1-3-14(2)9-12(13,10-15)11-7-5-4-6-8-11/h4-8,15H,3,9-10,13H2,1-2H3. The average molecular weight is 208 g/mol. The molecule has 0 aliphatic heterocycles. The molecule has 0 bridgehead atoms. The molecule has 0 spiro atoms. The maximum Gasteiger partial charge on any atom is 0.0772 e. The summed E-state index contributed by atoms with van der Waals surface area (Å²) < 4.78 is 0. The van der Waals surface area contributed by atoms with Crippen molar-refractivity contribution < 1.29 is 5.11 Å². The van der Waals surface area contributed by atoms with Gasteiger partial charge in [-0.15, -0.1) is 0 Å². The zero-order valence-corrected chi connectivity index (χ0v) is 9.48. The summed E-state index contributed by atoms with van der Waals surface area (Å²) in [6, 6.07) is 9.75. The van der Waals surface area contributed by atoms with Gasteiger partial charge in [0.15, 0.2) is 0 Å². The molecule has 1 aromatic carbocycles. The molecule has 1 unspecified atom stereocenters. The SMILES string of the molecule is CCN(C)CC(N)(CO)c1ccccc1. The molecule has 0 fully saturated rings. The normalized spacial score (nSPS) is 15.3. The van der Waals surface area contributed by atoms with Crippen molar-refractivity contribution in [3.05, 3.63) is 35.9 Å². The lowest BCUT2D eigenvalue weighted by atomic mass is 9.91. The highest BCUT2D eigenvalue weighted by molar-refractivity contribution is 5.24. The first-order valence-electron chi connectivity index (χ1n) is 5.26. The Hall–Kier alpha value is -0.900. The minimum atomic E-state index is -0.661. The Labute approximate surface area is 91.5 Å². The van der Waals surface area contributed by atoms with E-state index < -0.39 is 5.54 Å². The maximum absolute atomic E-state index is 9.43. The van der Waals surface area contributed by atoms with E-state index in [0.717, 1.165) is 12.1 Å². The molecular weight excluding hydrogens is 188 g/mol. The van der Waals surface area contributed by atoms with E-state index in [1.54, 1.807) is 0 Å². The van der Waals surface area contributed by atoms with Crippen molar-refractivity contribution in [2.75, 3.05) is 26.7 Å². The molecule has 0 aliphatic rings. The first kappa shape index (κ1) is 12.2. The van der Waals surface area contributed by atoms with Crippen molar-refractivity contribution >= 4 is 0 Å². The summed E-state index contributed by atoms with van der Waals surface area (Å²) in [6.07, 6.45) is 0. The van der Waals surface area contributed by atoms with E-state index in [-0.39, 0.29) is 6.61 Å². The van der Waals surface area contributed by atoms with Gasteiger partial charge in [-0.05, 0) is 19.2 Å². The summed E-state index contributed by atoms with van der Waals surface area (Å²) in [5.74, 6) is 0. The summed E-state index contributed by atoms with van der Waals surface area (Å²) in [5, 5.41) is 9.43. The van der Waals surface area contributed by atoms with Crippen LogP contribution in [0.15, 0.2) is 30.3 Å². The quantitative estimate of drug-likeness (QED) is 0.752. The molecule has 1 rings (SSSR count). The van der Waals surface area contributed by atoms with Gasteiger partial charge in [-0.3, -0.25) is 0 Å². The lowest BCUT2D eigenvalue weighted by molar-refractivity contribution is 0.153. The maximum atomic E-state index is 9.43. The molecule has 3 N–H and O–H groups in total. The molecule has 0 heterocycles. The Balaban J connectivity index is 2.85. The minimum Gasteiger partial charge on any atom is -0.394 e. The van der Waals surface area contributed by atoms with E-state index in [9.17, 15) is 5.11 Å². The summed E-state index contributed by atoms with van der Waals surface area (Å²) in [6.45, 7) is 3.61. The Morgan fingerprint density at radius 2 is 1.93 bits per heavy atom. The fourth-order valence-corrected chi connectivity index (χ4v) is 1.60. The number of hydrogen-bond acceptors (Lipinski definition) is 3. The van der Waals surface area contributed by atoms with Gasteiger partial charge in [0, 0.05) is 6.54 Å². The molecule has 3 heteroatoms. The molecule has 0 saturated heterocycles. The monoisotopic (exact) mass is 208 g/mol. The van der Waals surface area contributed by atoms with Crippen LogP contribution in [0.4, 0.5) is 0 Å². The van der Waals surface area contributed by atoms with Gasteiger partial charge < -0.3 is 15.7 Å². The van der Waals surface area contributed by atoms with Crippen LogP contribution in [-0.2, 0) is 5.54 Å². The van der Waals surface area contributed by atoms with E-state index in [2.05, 4.69) is 11.8 Å². The molecule has 0 saturated carbocycles. The fourth-order valence-electron chi connectivity index (χ4n) is 1.60. The number of nitrogens with zero attached hydrogens (tertiary/aromatic N) is 1. The van der Waals surface area contributed by atoms with Crippen molar-refractivity contribution in [3.8, 4) is 0 Å². The highest BCUT2D eigenvalue weighted by Gasteiger charge is 2.27. The van der Waals surface area contributed by atoms with Crippen LogP contribution in [0.3, 0.4) is 0 Å². The van der Waals surface area contributed by atoms with Gasteiger partial charge in [-0.2, -0.15) is 0 Å². The Morgan fingerprint density at radius 3 is 2.40 bits per heavy atom. The molecule has 15 heavy (non-hydrogen) atoms. The highest BCUT2D eigenvalue weighted by atomic mass is 16.3. The third-order valence-corrected chi connectivity index (χ3v) is 2.72. The topological polar surface area (TPSA) is 49.5 Å². The lowest BCUT2D eigenvalue weighted by Gasteiger charge is -2.32. The van der Waals surface area contributed by atoms with Crippen LogP contribution in [-0.4, -0.2) is 36.8 Å². The number of aliphatic hydroxyl groups is 1. The molecule has 0 aromatic heterocycles. The van der Waals surface area contributed by atoms with E-state index in [0.29, 0.717) is 6.54 Å². The van der Waals surface area contributed by atoms with Gasteiger partial charge in [0.2, 0.25) is 0 Å². The highest BCUT2D eigenvalue weighted by Crippen LogP contribution is 2.18. The fraction of sp³-hybridized carbons (Fsp3) is 0.500. The van der Waals surface area contributed by atoms with Gasteiger partial charge in [0.25, 0.3) is 0 Å². The third-order valence-electron chi connectivity index (χ3n) is 2.72. The molecule has 0 radical (unpaired) electrons. The van der Waals surface area contributed by atoms with Crippen molar-refractivity contribution in [2.24, 2.45) is 5.73 Å². The predicted molar refractivity (Wildman–Crippen MR) is 62.6 cm³/mol. The van der Waals surface area contributed by atoms with Crippen LogP contribution in [0.2, 0.25) is 0 Å². The van der Waals surface area contributed by atoms with Gasteiger partial charge in [0.1, 0.15) is 0 Å². The summed E-state index contributed by atoms with van der Waals surface area (Å²) in [7, 11) is 2.00. The van der Waals surface area contributed by atoms with Gasteiger partial charge in [0.05, 0.1) is 12.1 Å². The van der Waals surface area contributed by atoms with Gasteiger partial charge in [-0.25, -0.2) is 0 Å². The number of nitrogens with two attached hydrogens (primary N) is 1. The van der Waals surface area contributed by atoms with Crippen LogP contribution < -0.4 is 5.73 Å². The number of benzene rings is 1. The smallest absolute Gasteiger partial charge is 0.0772 e. The zero-order chi connectivity index (χ0) is 11.3. The third kappa shape index (κ3) is 3.02. The number of rotatable bonds is 5. The van der Waals surface area contributed by atoms with Gasteiger partial charge >= 0.3 is 0 Å². The number of hydrogen-bond donors (Lipinski definition) is 2. The molecule has 3 nitrogen and oxygen atoms in total. The molecule has 84 valence electrons. The summed E-state index contributed by atoms with van der Waals surface area (Å²) >= 11 is 0. The van der Waals surface area contributed by atoms with Crippen molar-refractivity contribution in [3.63, 3.8) is 0 Å². The van der Waals surface area contributed by atoms with Crippen molar-refractivity contribution in [1.82, 2.24) is 4.90 Å². The Bertz CT molecular complexity index is 289. The molecule has 1 aromatic rings. The largest absolute Gasteiger partial charge is 0.394 e. The predicted octanol–water partition coefficient (Wildman–Crippen LogP) is 0.785. The minimum absolute atomic E-state index is 0.0403. The summed E-state index contributed by atoms with van der Waals surface area (Å²) in [5.41, 5.74) is 6.52. The molecule has 0 amide bonds. The van der Waals surface area contributed by atoms with Crippen molar-refractivity contribution in [1.29, 1.82) is 0 Å². The van der Waals surface area contributed by atoms with Crippen LogP contribution >= 0.6 is 0 Å². The van der Waals surface area contributed by atoms with E-state index in [1.807, 2.05) is 37.4 Å². The summed E-state index contributed by atoms with van der Waals surface area (Å²) in [4.78, 5) is 2.10.